The highest BCUT2D eigenvalue weighted by atomic mass is 16.1. The van der Waals surface area contributed by atoms with Crippen LogP contribution in [0.5, 0.6) is 0 Å². The minimum atomic E-state index is 0.0144. The molecule has 0 fully saturated rings. The molecule has 0 aliphatic heterocycles. The molecule has 0 atom stereocenters. The molecular formula is C13H18NO. The summed E-state index contributed by atoms with van der Waals surface area (Å²) in [4.78, 5) is 11.6. The fraction of sp³-hybridized carbons (Fsp3) is 0.462. The van der Waals surface area contributed by atoms with Crippen LogP contribution in [-0.4, -0.2) is 12.5 Å². The molecule has 2 nitrogen and oxygen atoms in total. The second kappa shape index (κ2) is 7.04. The molecular weight excluding hydrogens is 186 g/mol. The lowest BCUT2D eigenvalue weighted by molar-refractivity contribution is 0.0953. The SMILES string of the molecule is CCCCCCNC(=O)c1cc[c]cc1. The minimum Gasteiger partial charge on any atom is -0.352 e. The normalized spacial score (nSPS) is 9.93. The van der Waals surface area contributed by atoms with Crippen LogP contribution in [0.2, 0.25) is 0 Å². The first-order valence-electron chi connectivity index (χ1n) is 5.59. The van der Waals surface area contributed by atoms with E-state index in [1.54, 1.807) is 24.3 Å². The summed E-state index contributed by atoms with van der Waals surface area (Å²) in [6, 6.07) is 9.96. The van der Waals surface area contributed by atoms with E-state index >= 15 is 0 Å². The molecule has 0 spiro atoms. The van der Waals surface area contributed by atoms with Crippen molar-refractivity contribution in [1.29, 1.82) is 0 Å². The topological polar surface area (TPSA) is 29.1 Å². The number of carbonyl (C=O) groups is 1. The number of rotatable bonds is 6. The number of unbranched alkanes of at least 4 members (excludes halogenated alkanes) is 3. The van der Waals surface area contributed by atoms with Gasteiger partial charge in [-0.05, 0) is 24.6 Å². The molecule has 1 rings (SSSR count). The van der Waals surface area contributed by atoms with Gasteiger partial charge in [-0.25, -0.2) is 0 Å². The third-order valence-corrected chi connectivity index (χ3v) is 2.30. The molecule has 0 bridgehead atoms. The maximum Gasteiger partial charge on any atom is 0.251 e. The lowest BCUT2D eigenvalue weighted by Gasteiger charge is -2.04. The van der Waals surface area contributed by atoms with Crippen molar-refractivity contribution in [1.82, 2.24) is 5.32 Å². The maximum atomic E-state index is 11.6. The van der Waals surface area contributed by atoms with E-state index in [0.29, 0.717) is 5.56 Å². The van der Waals surface area contributed by atoms with Gasteiger partial charge in [0.2, 0.25) is 0 Å². The van der Waals surface area contributed by atoms with Crippen LogP contribution in [0.4, 0.5) is 0 Å². The summed E-state index contributed by atoms with van der Waals surface area (Å²) >= 11 is 0. The van der Waals surface area contributed by atoms with Crippen molar-refractivity contribution < 1.29 is 4.79 Å². The van der Waals surface area contributed by atoms with Gasteiger partial charge in [-0.3, -0.25) is 4.79 Å². The molecule has 1 amide bonds. The number of amides is 1. The monoisotopic (exact) mass is 204 g/mol. The Balaban J connectivity index is 2.20. The number of benzene rings is 1. The molecule has 81 valence electrons. The van der Waals surface area contributed by atoms with Gasteiger partial charge in [-0.2, -0.15) is 0 Å². The van der Waals surface area contributed by atoms with Gasteiger partial charge in [0.25, 0.3) is 5.91 Å². The Hall–Kier alpha value is -1.31. The highest BCUT2D eigenvalue weighted by Crippen LogP contribution is 1.99. The lowest BCUT2D eigenvalue weighted by atomic mass is 10.2. The minimum absolute atomic E-state index is 0.0144. The summed E-state index contributed by atoms with van der Waals surface area (Å²) in [5.41, 5.74) is 0.712. The third kappa shape index (κ3) is 4.63. The predicted octanol–water partition coefficient (Wildman–Crippen LogP) is 2.80. The lowest BCUT2D eigenvalue weighted by Crippen LogP contribution is -2.24. The van der Waals surface area contributed by atoms with Gasteiger partial charge >= 0.3 is 0 Å². The summed E-state index contributed by atoms with van der Waals surface area (Å²) in [5, 5.41) is 2.91. The fourth-order valence-electron chi connectivity index (χ4n) is 1.39. The van der Waals surface area contributed by atoms with Crippen molar-refractivity contribution in [3.05, 3.63) is 35.9 Å². The molecule has 1 radical (unpaired) electrons. The summed E-state index contributed by atoms with van der Waals surface area (Å²) in [6.45, 7) is 2.95. The van der Waals surface area contributed by atoms with E-state index in [9.17, 15) is 4.79 Å². The molecule has 1 aromatic carbocycles. The van der Waals surface area contributed by atoms with Crippen molar-refractivity contribution in [3.63, 3.8) is 0 Å². The number of carbonyl (C=O) groups excluding carboxylic acids is 1. The Morgan fingerprint density at radius 1 is 1.27 bits per heavy atom. The van der Waals surface area contributed by atoms with Crippen LogP contribution in [0, 0.1) is 6.07 Å². The zero-order chi connectivity index (χ0) is 10.9. The second-order valence-electron chi connectivity index (χ2n) is 3.61. The van der Waals surface area contributed by atoms with Gasteiger partial charge in [0.1, 0.15) is 0 Å². The fourth-order valence-corrected chi connectivity index (χ4v) is 1.39. The van der Waals surface area contributed by atoms with E-state index in [1.165, 1.54) is 19.3 Å². The molecule has 2 heteroatoms. The van der Waals surface area contributed by atoms with Gasteiger partial charge in [-0.1, -0.05) is 38.3 Å². The van der Waals surface area contributed by atoms with Gasteiger partial charge in [-0.15, -0.1) is 0 Å². The van der Waals surface area contributed by atoms with Crippen LogP contribution in [-0.2, 0) is 0 Å². The molecule has 0 unspecified atom stereocenters. The van der Waals surface area contributed by atoms with Gasteiger partial charge < -0.3 is 5.32 Å². The Morgan fingerprint density at radius 3 is 2.67 bits per heavy atom. The number of hydrogen-bond donors (Lipinski definition) is 1. The van der Waals surface area contributed by atoms with Gasteiger partial charge in [0, 0.05) is 12.1 Å². The number of nitrogens with one attached hydrogen (secondary N) is 1. The Kier molecular flexibility index (Phi) is 5.52. The van der Waals surface area contributed by atoms with Gasteiger partial charge in [0.15, 0.2) is 0 Å². The van der Waals surface area contributed by atoms with Crippen LogP contribution in [0.1, 0.15) is 43.0 Å². The summed E-state index contributed by atoms with van der Waals surface area (Å²) in [5.74, 6) is 0.0144. The average molecular weight is 204 g/mol. The third-order valence-electron chi connectivity index (χ3n) is 2.30. The Labute approximate surface area is 91.7 Å². The zero-order valence-electron chi connectivity index (χ0n) is 9.25. The molecule has 0 aliphatic carbocycles. The van der Waals surface area contributed by atoms with Gasteiger partial charge in [0.05, 0.1) is 0 Å². The van der Waals surface area contributed by atoms with Crippen molar-refractivity contribution in [3.8, 4) is 0 Å². The smallest absolute Gasteiger partial charge is 0.251 e. The highest BCUT2D eigenvalue weighted by molar-refractivity contribution is 5.94. The highest BCUT2D eigenvalue weighted by Gasteiger charge is 2.02. The van der Waals surface area contributed by atoms with Crippen LogP contribution in [0.15, 0.2) is 24.3 Å². The van der Waals surface area contributed by atoms with E-state index in [0.717, 1.165) is 13.0 Å². The van der Waals surface area contributed by atoms with Crippen molar-refractivity contribution in [2.45, 2.75) is 32.6 Å². The van der Waals surface area contributed by atoms with E-state index in [4.69, 9.17) is 0 Å². The second-order valence-corrected chi connectivity index (χ2v) is 3.61. The summed E-state index contributed by atoms with van der Waals surface area (Å²) < 4.78 is 0. The molecule has 0 heterocycles. The van der Waals surface area contributed by atoms with E-state index in [1.807, 2.05) is 0 Å². The molecule has 0 aromatic heterocycles. The molecule has 0 saturated carbocycles. The van der Waals surface area contributed by atoms with Crippen molar-refractivity contribution >= 4 is 5.91 Å². The zero-order valence-corrected chi connectivity index (χ0v) is 9.25. The Bertz CT molecular complexity index is 282. The quantitative estimate of drug-likeness (QED) is 0.709. The number of hydrogen-bond acceptors (Lipinski definition) is 1. The largest absolute Gasteiger partial charge is 0.352 e. The molecule has 0 aliphatic rings. The standard InChI is InChI=1S/C13H18NO/c1-2-3-4-8-11-14-13(15)12-9-6-5-7-10-12/h6-7,9-10H,2-4,8,11H2,1H3,(H,14,15). The van der Waals surface area contributed by atoms with Crippen LogP contribution in [0.25, 0.3) is 0 Å². The Morgan fingerprint density at radius 2 is 2.00 bits per heavy atom. The first kappa shape index (κ1) is 11.8. The first-order valence-corrected chi connectivity index (χ1v) is 5.59. The first-order chi connectivity index (χ1) is 7.34. The van der Waals surface area contributed by atoms with Crippen LogP contribution >= 0.6 is 0 Å². The molecule has 0 saturated heterocycles. The predicted molar refractivity (Wildman–Crippen MR) is 61.8 cm³/mol. The summed E-state index contributed by atoms with van der Waals surface area (Å²) in [7, 11) is 0. The van der Waals surface area contributed by atoms with E-state index in [-0.39, 0.29) is 5.91 Å². The van der Waals surface area contributed by atoms with E-state index < -0.39 is 0 Å². The average Bonchev–Trinajstić information content (AvgIpc) is 2.30. The van der Waals surface area contributed by atoms with E-state index in [2.05, 4.69) is 18.3 Å². The van der Waals surface area contributed by atoms with Crippen LogP contribution < -0.4 is 5.32 Å². The van der Waals surface area contributed by atoms with Crippen molar-refractivity contribution in [2.75, 3.05) is 6.54 Å². The van der Waals surface area contributed by atoms with Crippen LogP contribution in [0.3, 0.4) is 0 Å². The molecule has 15 heavy (non-hydrogen) atoms. The molecule has 1 aromatic rings. The van der Waals surface area contributed by atoms with Crippen molar-refractivity contribution in [2.24, 2.45) is 0 Å². The maximum absolute atomic E-state index is 11.6. The molecule has 1 N–H and O–H groups in total. The summed E-state index contributed by atoms with van der Waals surface area (Å²) in [6.07, 6.45) is 4.73.